The molecule has 170 valence electrons. The Morgan fingerprint density at radius 2 is 1.70 bits per heavy atom. The van der Waals surface area contributed by atoms with Crippen molar-refractivity contribution in [2.24, 2.45) is 0 Å². The first-order valence-electron chi connectivity index (χ1n) is 8.91. The molecule has 13 heteroatoms. The molecule has 1 amide bonds. The van der Waals surface area contributed by atoms with Gasteiger partial charge in [0.15, 0.2) is 0 Å². The van der Waals surface area contributed by atoms with Gasteiger partial charge in [0.25, 0.3) is 10.1 Å². The minimum absolute atomic E-state index is 0.146. The summed E-state index contributed by atoms with van der Waals surface area (Å²) in [4.78, 5) is 23.3. The molecule has 0 aliphatic carbocycles. The summed E-state index contributed by atoms with van der Waals surface area (Å²) >= 11 is 5.75. The predicted octanol–water partition coefficient (Wildman–Crippen LogP) is 0.813. The van der Waals surface area contributed by atoms with E-state index >= 15 is 0 Å². The molecule has 0 heterocycles. The quantitative estimate of drug-likeness (QED) is 0.238. The van der Waals surface area contributed by atoms with E-state index in [1.807, 2.05) is 0 Å². The number of amides is 1. The van der Waals surface area contributed by atoms with Crippen LogP contribution in [0, 0.1) is 0 Å². The highest BCUT2D eigenvalue weighted by Crippen LogP contribution is 2.14. The van der Waals surface area contributed by atoms with E-state index < -0.39 is 38.7 Å². The van der Waals surface area contributed by atoms with Crippen LogP contribution >= 0.6 is 11.6 Å². The Morgan fingerprint density at radius 3 is 2.27 bits per heavy atom. The SMILES string of the molecule is COC(=O)CCCCCNC(=O)[C@H](COS(C)(=O)=O)NS(=O)(=O)c1ccc(Cl)cc1. The zero-order valence-electron chi connectivity index (χ0n) is 16.6. The predicted molar refractivity (Wildman–Crippen MR) is 110 cm³/mol. The van der Waals surface area contributed by atoms with Crippen LogP contribution < -0.4 is 10.0 Å². The number of unbranched alkanes of at least 4 members (excludes halogenated alkanes) is 2. The maximum absolute atomic E-state index is 12.5. The first-order valence-corrected chi connectivity index (χ1v) is 12.6. The van der Waals surface area contributed by atoms with Gasteiger partial charge < -0.3 is 10.1 Å². The van der Waals surface area contributed by atoms with Crippen molar-refractivity contribution in [3.8, 4) is 0 Å². The molecule has 1 rings (SSSR count). The summed E-state index contributed by atoms with van der Waals surface area (Å²) in [6.45, 7) is -0.502. The number of benzene rings is 1. The smallest absolute Gasteiger partial charge is 0.305 e. The molecule has 1 aromatic carbocycles. The number of hydrogen-bond acceptors (Lipinski definition) is 8. The second-order valence-electron chi connectivity index (χ2n) is 6.29. The van der Waals surface area contributed by atoms with Gasteiger partial charge >= 0.3 is 5.97 Å². The van der Waals surface area contributed by atoms with Gasteiger partial charge in [0.1, 0.15) is 6.04 Å². The number of ether oxygens (including phenoxy) is 1. The number of halogens is 1. The average molecular weight is 485 g/mol. The highest BCUT2D eigenvalue weighted by molar-refractivity contribution is 7.89. The zero-order valence-corrected chi connectivity index (χ0v) is 19.0. The molecule has 0 saturated carbocycles. The molecule has 0 bridgehead atoms. The Hall–Kier alpha value is -1.73. The average Bonchev–Trinajstić information content (AvgIpc) is 2.66. The molecule has 0 aliphatic rings. The summed E-state index contributed by atoms with van der Waals surface area (Å²) in [7, 11) is -6.74. The molecule has 0 aromatic heterocycles. The fourth-order valence-corrected chi connectivity index (χ4v) is 3.92. The third-order valence-corrected chi connectivity index (χ3v) is 6.08. The molecule has 2 N–H and O–H groups in total. The lowest BCUT2D eigenvalue weighted by Gasteiger charge is -2.18. The summed E-state index contributed by atoms with van der Waals surface area (Å²) in [5.41, 5.74) is 0. The molecule has 0 spiro atoms. The minimum atomic E-state index is -4.14. The largest absolute Gasteiger partial charge is 0.469 e. The van der Waals surface area contributed by atoms with E-state index in [2.05, 4.69) is 19.0 Å². The fraction of sp³-hybridized carbons (Fsp3) is 0.529. The Bertz CT molecular complexity index is 918. The maximum atomic E-state index is 12.5. The van der Waals surface area contributed by atoms with Gasteiger partial charge in [-0.1, -0.05) is 18.0 Å². The number of esters is 1. The molecule has 30 heavy (non-hydrogen) atoms. The van der Waals surface area contributed by atoms with Crippen LogP contribution in [-0.2, 0) is 38.7 Å². The highest BCUT2D eigenvalue weighted by Gasteiger charge is 2.27. The summed E-state index contributed by atoms with van der Waals surface area (Å²) in [5, 5.41) is 2.86. The molecule has 1 aromatic rings. The third-order valence-electron chi connectivity index (χ3n) is 3.77. The second-order valence-corrected chi connectivity index (χ2v) is 10.1. The van der Waals surface area contributed by atoms with Crippen molar-refractivity contribution in [2.45, 2.75) is 36.6 Å². The molecular formula is C17H25ClN2O8S2. The number of carbonyl (C=O) groups excluding carboxylic acids is 2. The van der Waals surface area contributed by atoms with Gasteiger partial charge in [-0.25, -0.2) is 8.42 Å². The number of methoxy groups -OCH3 is 1. The molecule has 10 nitrogen and oxygen atoms in total. The van der Waals surface area contributed by atoms with Gasteiger partial charge in [0.2, 0.25) is 15.9 Å². The molecule has 0 fully saturated rings. The van der Waals surface area contributed by atoms with Gasteiger partial charge in [-0.2, -0.15) is 13.1 Å². The van der Waals surface area contributed by atoms with Crippen LogP contribution in [0.1, 0.15) is 25.7 Å². The lowest BCUT2D eigenvalue weighted by atomic mass is 10.2. The van der Waals surface area contributed by atoms with Gasteiger partial charge in [-0.05, 0) is 37.1 Å². The van der Waals surface area contributed by atoms with Crippen LogP contribution in [0.15, 0.2) is 29.2 Å². The number of carbonyl (C=O) groups is 2. The third kappa shape index (κ3) is 10.3. The van der Waals surface area contributed by atoms with Crippen molar-refractivity contribution in [3.63, 3.8) is 0 Å². The fourth-order valence-electron chi connectivity index (χ4n) is 2.23. The maximum Gasteiger partial charge on any atom is 0.305 e. The van der Waals surface area contributed by atoms with Crippen LogP contribution in [0.2, 0.25) is 5.02 Å². The van der Waals surface area contributed by atoms with E-state index in [1.165, 1.54) is 31.4 Å². The Labute approximate surface area is 181 Å². The van der Waals surface area contributed by atoms with Crippen LogP contribution in [0.3, 0.4) is 0 Å². The first kappa shape index (κ1) is 26.3. The standard InChI is InChI=1S/C17H25ClN2O8S2/c1-27-16(21)6-4-3-5-11-19-17(22)15(12-28-29(2,23)24)20-30(25,26)14-9-7-13(18)8-10-14/h7-10,15,20H,3-6,11-12H2,1-2H3,(H,19,22)/t15-/m0/s1. The Morgan fingerprint density at radius 1 is 1.07 bits per heavy atom. The van der Waals surface area contributed by atoms with E-state index in [4.69, 9.17) is 11.6 Å². The summed E-state index contributed by atoms with van der Waals surface area (Å²) in [5.74, 6) is -1.07. The number of nitrogens with one attached hydrogen (secondary N) is 2. The Balaban J connectivity index is 2.71. The van der Waals surface area contributed by atoms with Crippen LogP contribution in [-0.4, -0.2) is 61.3 Å². The van der Waals surface area contributed by atoms with Crippen molar-refractivity contribution < 1.29 is 35.3 Å². The lowest BCUT2D eigenvalue weighted by molar-refractivity contribution is -0.140. The van der Waals surface area contributed by atoms with E-state index in [9.17, 15) is 26.4 Å². The minimum Gasteiger partial charge on any atom is -0.469 e. The van der Waals surface area contributed by atoms with E-state index in [0.717, 1.165) is 6.26 Å². The highest BCUT2D eigenvalue weighted by atomic mass is 35.5. The van der Waals surface area contributed by atoms with Crippen molar-refractivity contribution in [1.29, 1.82) is 0 Å². The zero-order chi connectivity index (χ0) is 22.8. The van der Waals surface area contributed by atoms with Crippen molar-refractivity contribution >= 4 is 43.6 Å². The van der Waals surface area contributed by atoms with Crippen LogP contribution in [0.5, 0.6) is 0 Å². The second kappa shape index (κ2) is 12.2. The first-order chi connectivity index (χ1) is 13.9. The topological polar surface area (TPSA) is 145 Å². The normalized spacial score (nSPS) is 12.9. The number of rotatable bonds is 13. The van der Waals surface area contributed by atoms with Crippen molar-refractivity contribution in [1.82, 2.24) is 10.0 Å². The van der Waals surface area contributed by atoms with Crippen molar-refractivity contribution in [2.75, 3.05) is 26.5 Å². The summed E-state index contributed by atoms with van der Waals surface area (Å²) in [6, 6.07) is 3.76. The van der Waals surface area contributed by atoms with Gasteiger partial charge in [0, 0.05) is 18.0 Å². The van der Waals surface area contributed by atoms with Gasteiger partial charge in [0.05, 0.1) is 24.9 Å². The number of sulfonamides is 1. The van der Waals surface area contributed by atoms with E-state index in [0.29, 0.717) is 24.3 Å². The molecule has 0 saturated heterocycles. The molecule has 1 atom stereocenters. The lowest BCUT2D eigenvalue weighted by Crippen LogP contribution is -2.49. The van der Waals surface area contributed by atoms with E-state index in [1.54, 1.807) is 0 Å². The van der Waals surface area contributed by atoms with E-state index in [-0.39, 0.29) is 23.8 Å². The van der Waals surface area contributed by atoms with Gasteiger partial charge in [-0.15, -0.1) is 0 Å². The van der Waals surface area contributed by atoms with Crippen LogP contribution in [0.25, 0.3) is 0 Å². The van der Waals surface area contributed by atoms with Gasteiger partial charge in [-0.3, -0.25) is 13.8 Å². The number of hydrogen-bond donors (Lipinski definition) is 2. The van der Waals surface area contributed by atoms with Crippen molar-refractivity contribution in [3.05, 3.63) is 29.3 Å². The molecule has 0 radical (unpaired) electrons. The monoisotopic (exact) mass is 484 g/mol. The molecule has 0 aliphatic heterocycles. The van der Waals surface area contributed by atoms with Crippen LogP contribution in [0.4, 0.5) is 0 Å². The summed E-state index contributed by atoms with van der Waals surface area (Å²) < 4.78 is 58.8. The summed E-state index contributed by atoms with van der Waals surface area (Å²) in [6.07, 6.45) is 2.79. The Kier molecular flexibility index (Phi) is 10.7. The molecular weight excluding hydrogens is 460 g/mol. The molecule has 0 unspecified atom stereocenters.